The zero-order chi connectivity index (χ0) is 18.1. The first-order valence-corrected chi connectivity index (χ1v) is 9.18. The minimum atomic E-state index is -0.115. The van der Waals surface area contributed by atoms with Gasteiger partial charge in [0.2, 0.25) is 5.91 Å². The quantitative estimate of drug-likeness (QED) is 0.451. The Kier molecular flexibility index (Phi) is 7.40. The summed E-state index contributed by atoms with van der Waals surface area (Å²) in [4.78, 5) is 19.4. The van der Waals surface area contributed by atoms with Crippen LogP contribution in [0.25, 0.3) is 0 Å². The van der Waals surface area contributed by atoms with Gasteiger partial charge in [0.1, 0.15) is 5.76 Å². The summed E-state index contributed by atoms with van der Waals surface area (Å²) in [5.74, 6) is 1.28. The molecule has 6 nitrogen and oxygen atoms in total. The van der Waals surface area contributed by atoms with Gasteiger partial charge in [-0.15, -0.1) is 11.8 Å². The predicted octanol–water partition coefficient (Wildman–Crippen LogP) is 2.33. The fourth-order valence-corrected chi connectivity index (χ4v) is 2.69. The van der Waals surface area contributed by atoms with Crippen molar-refractivity contribution >= 4 is 23.6 Å². The van der Waals surface area contributed by atoms with Crippen molar-refractivity contribution in [3.63, 3.8) is 0 Å². The summed E-state index contributed by atoms with van der Waals surface area (Å²) in [6.45, 7) is 1.25. The molecular formula is C18H24N4O2S. The molecule has 0 aliphatic rings. The Hall–Kier alpha value is -2.41. The Morgan fingerprint density at radius 1 is 1.24 bits per heavy atom. The Morgan fingerprint density at radius 2 is 2.00 bits per heavy atom. The average Bonchev–Trinajstić information content (AvgIpc) is 3.14. The van der Waals surface area contributed by atoms with Gasteiger partial charge in [0.25, 0.3) is 0 Å². The van der Waals surface area contributed by atoms with Gasteiger partial charge >= 0.3 is 0 Å². The van der Waals surface area contributed by atoms with Gasteiger partial charge in [0.15, 0.2) is 5.96 Å². The van der Waals surface area contributed by atoms with Gasteiger partial charge in [-0.2, -0.15) is 0 Å². The largest absolute Gasteiger partial charge is 0.467 e. The summed E-state index contributed by atoms with van der Waals surface area (Å²) in [6.07, 6.45) is 3.64. The zero-order valence-electron chi connectivity index (χ0n) is 14.8. The second-order valence-electron chi connectivity index (χ2n) is 5.46. The van der Waals surface area contributed by atoms with E-state index in [0.29, 0.717) is 19.0 Å². The minimum Gasteiger partial charge on any atom is -0.467 e. The van der Waals surface area contributed by atoms with Crippen molar-refractivity contribution in [1.29, 1.82) is 0 Å². The molecule has 0 bridgehead atoms. The second-order valence-corrected chi connectivity index (χ2v) is 6.34. The van der Waals surface area contributed by atoms with E-state index in [4.69, 9.17) is 4.42 Å². The van der Waals surface area contributed by atoms with Crippen LogP contribution >= 0.6 is 11.8 Å². The van der Waals surface area contributed by atoms with Gasteiger partial charge in [0, 0.05) is 25.5 Å². The number of carbonyl (C=O) groups is 1. The number of rotatable bonds is 7. The molecule has 0 saturated heterocycles. The molecule has 0 aliphatic carbocycles. The maximum absolute atomic E-state index is 11.9. The summed E-state index contributed by atoms with van der Waals surface area (Å²) in [5, 5.41) is 5.87. The normalized spacial score (nSPS) is 11.2. The van der Waals surface area contributed by atoms with Crippen molar-refractivity contribution < 1.29 is 9.21 Å². The number of hydrogen-bond donors (Lipinski definition) is 2. The molecule has 1 amide bonds. The number of carbonyl (C=O) groups excluding carboxylic acids is 1. The molecule has 0 unspecified atom stereocenters. The van der Waals surface area contributed by atoms with E-state index in [1.807, 2.05) is 18.0 Å². The van der Waals surface area contributed by atoms with Gasteiger partial charge in [-0.3, -0.25) is 9.79 Å². The molecule has 0 atom stereocenters. The van der Waals surface area contributed by atoms with E-state index in [0.717, 1.165) is 5.76 Å². The molecule has 134 valence electrons. The molecule has 0 radical (unpaired) electrons. The van der Waals surface area contributed by atoms with Crippen molar-refractivity contribution in [2.75, 3.05) is 26.9 Å². The molecule has 1 aromatic heterocycles. The molecule has 0 saturated carbocycles. The molecular weight excluding hydrogens is 336 g/mol. The molecule has 2 N–H and O–H groups in total. The lowest BCUT2D eigenvalue weighted by molar-refractivity contribution is -0.120. The van der Waals surface area contributed by atoms with Crippen LogP contribution in [0, 0.1) is 0 Å². The number of nitrogens with zero attached hydrogens (tertiary/aromatic N) is 2. The number of thioether (sulfide) groups is 1. The molecule has 7 heteroatoms. The summed E-state index contributed by atoms with van der Waals surface area (Å²) < 4.78 is 5.18. The minimum absolute atomic E-state index is 0.115. The van der Waals surface area contributed by atoms with Gasteiger partial charge in [-0.1, -0.05) is 12.1 Å². The fraction of sp³-hybridized carbons (Fsp3) is 0.333. The highest BCUT2D eigenvalue weighted by Crippen LogP contribution is 2.15. The maximum atomic E-state index is 11.9. The third-order valence-electron chi connectivity index (χ3n) is 3.60. The van der Waals surface area contributed by atoms with Crippen LogP contribution in [0.2, 0.25) is 0 Å². The smallest absolute Gasteiger partial charge is 0.239 e. The molecule has 0 aliphatic heterocycles. The molecule has 0 fully saturated rings. The average molecular weight is 360 g/mol. The first-order valence-electron chi connectivity index (χ1n) is 7.96. The van der Waals surface area contributed by atoms with E-state index in [9.17, 15) is 4.79 Å². The van der Waals surface area contributed by atoms with E-state index >= 15 is 0 Å². The van der Waals surface area contributed by atoms with Gasteiger partial charge in [-0.05, 0) is 36.1 Å². The van der Waals surface area contributed by atoms with Gasteiger partial charge in [0.05, 0.1) is 19.4 Å². The maximum Gasteiger partial charge on any atom is 0.239 e. The van der Waals surface area contributed by atoms with Crippen LogP contribution in [0.3, 0.4) is 0 Å². The van der Waals surface area contributed by atoms with Crippen molar-refractivity contribution in [3.05, 3.63) is 54.0 Å². The molecule has 2 aromatic rings. The Labute approximate surface area is 152 Å². The zero-order valence-corrected chi connectivity index (χ0v) is 15.6. The van der Waals surface area contributed by atoms with Crippen LogP contribution in [-0.4, -0.2) is 43.7 Å². The van der Waals surface area contributed by atoms with Crippen molar-refractivity contribution in [3.8, 4) is 0 Å². The molecule has 0 spiro atoms. The second kappa shape index (κ2) is 9.78. The van der Waals surface area contributed by atoms with Crippen LogP contribution in [0.4, 0.5) is 0 Å². The lowest BCUT2D eigenvalue weighted by atomic mass is 10.2. The summed E-state index contributed by atoms with van der Waals surface area (Å²) in [5.41, 5.74) is 1.19. The summed E-state index contributed by atoms with van der Waals surface area (Å²) >= 11 is 1.72. The SMILES string of the molecule is CN=C(NCC(=O)NCc1ccco1)N(C)Cc1ccc(SC)cc1. The highest BCUT2D eigenvalue weighted by molar-refractivity contribution is 7.98. The van der Waals surface area contributed by atoms with Crippen LogP contribution in [0.5, 0.6) is 0 Å². The number of benzene rings is 1. The summed E-state index contributed by atoms with van der Waals surface area (Å²) in [7, 11) is 3.65. The van der Waals surface area contributed by atoms with E-state index in [-0.39, 0.29) is 12.5 Å². The Balaban J connectivity index is 1.78. The first kappa shape index (κ1) is 18.9. The van der Waals surface area contributed by atoms with Gasteiger partial charge < -0.3 is 20.0 Å². The lowest BCUT2D eigenvalue weighted by Crippen LogP contribution is -2.43. The topological polar surface area (TPSA) is 69.9 Å². The number of furan rings is 1. The van der Waals surface area contributed by atoms with Crippen LogP contribution in [0.1, 0.15) is 11.3 Å². The number of amides is 1. The van der Waals surface area contributed by atoms with Gasteiger partial charge in [-0.25, -0.2) is 0 Å². The molecule has 25 heavy (non-hydrogen) atoms. The third kappa shape index (κ3) is 6.19. The third-order valence-corrected chi connectivity index (χ3v) is 4.34. The highest BCUT2D eigenvalue weighted by atomic mass is 32.2. The van der Waals surface area contributed by atoms with E-state index in [1.54, 1.807) is 31.1 Å². The Morgan fingerprint density at radius 3 is 2.60 bits per heavy atom. The van der Waals surface area contributed by atoms with Crippen molar-refractivity contribution in [2.45, 2.75) is 18.0 Å². The predicted molar refractivity (Wildman–Crippen MR) is 102 cm³/mol. The van der Waals surface area contributed by atoms with Crippen LogP contribution in [-0.2, 0) is 17.9 Å². The standard InChI is InChI=1S/C18H24N4O2S/c1-19-18(21-12-17(23)20-11-15-5-4-10-24-15)22(2)13-14-6-8-16(25-3)9-7-14/h4-10H,11-13H2,1-3H3,(H,19,21)(H,20,23). The monoisotopic (exact) mass is 360 g/mol. The lowest BCUT2D eigenvalue weighted by Gasteiger charge is -2.22. The van der Waals surface area contributed by atoms with E-state index < -0.39 is 0 Å². The molecule has 1 heterocycles. The van der Waals surface area contributed by atoms with Crippen LogP contribution < -0.4 is 10.6 Å². The first-order chi connectivity index (χ1) is 12.1. The van der Waals surface area contributed by atoms with E-state index in [1.165, 1.54) is 10.5 Å². The number of nitrogens with one attached hydrogen (secondary N) is 2. The van der Waals surface area contributed by atoms with Crippen LogP contribution in [0.15, 0.2) is 57.0 Å². The number of guanidine groups is 1. The number of hydrogen-bond acceptors (Lipinski definition) is 4. The Bertz CT molecular complexity index is 684. The summed E-state index contributed by atoms with van der Waals surface area (Å²) in [6, 6.07) is 12.0. The molecule has 1 aromatic carbocycles. The fourth-order valence-electron chi connectivity index (χ4n) is 2.29. The van der Waals surface area contributed by atoms with Crippen molar-refractivity contribution in [2.24, 2.45) is 4.99 Å². The highest BCUT2D eigenvalue weighted by Gasteiger charge is 2.09. The van der Waals surface area contributed by atoms with Crippen molar-refractivity contribution in [1.82, 2.24) is 15.5 Å². The molecule has 2 rings (SSSR count). The number of aliphatic imine (C=N–C) groups is 1. The van der Waals surface area contributed by atoms with E-state index in [2.05, 4.69) is 46.1 Å².